The van der Waals surface area contributed by atoms with E-state index in [4.69, 9.17) is 0 Å². The molecule has 0 aliphatic heterocycles. The maximum Gasteiger partial charge on any atom is 0.209 e. The summed E-state index contributed by atoms with van der Waals surface area (Å²) in [5.41, 5.74) is 2.40. The van der Waals surface area contributed by atoms with Gasteiger partial charge in [-0.25, -0.2) is 0 Å². The number of carbonyl (C=O) groups excluding carboxylic acids is 1. The lowest BCUT2D eigenvalue weighted by Crippen LogP contribution is -2.19. The fourth-order valence-corrected chi connectivity index (χ4v) is 1.29. The molecular formula is C12H18N2O. The van der Waals surface area contributed by atoms with Gasteiger partial charge in [-0.15, -0.1) is 0 Å². The molecule has 0 spiro atoms. The number of amides is 1. The standard InChI is InChI=1S/C12H18N2O/c1-11-4-6-12(7-5-11)13-8-3-9-14(2)10-15/h4-7,10,13H,3,8-9H2,1-2H3. The Morgan fingerprint density at radius 2 is 2.00 bits per heavy atom. The van der Waals surface area contributed by atoms with Crippen LogP contribution >= 0.6 is 0 Å². The Labute approximate surface area is 91.1 Å². The number of benzene rings is 1. The normalized spacial score (nSPS) is 9.73. The molecule has 3 heteroatoms. The molecule has 1 amide bonds. The van der Waals surface area contributed by atoms with Gasteiger partial charge in [0.25, 0.3) is 0 Å². The van der Waals surface area contributed by atoms with E-state index >= 15 is 0 Å². The highest BCUT2D eigenvalue weighted by atomic mass is 16.1. The van der Waals surface area contributed by atoms with Crippen LogP contribution in [0.2, 0.25) is 0 Å². The van der Waals surface area contributed by atoms with Gasteiger partial charge in [-0.05, 0) is 25.5 Å². The van der Waals surface area contributed by atoms with Crippen molar-refractivity contribution in [2.24, 2.45) is 0 Å². The number of rotatable bonds is 6. The molecule has 0 aliphatic rings. The van der Waals surface area contributed by atoms with E-state index in [1.807, 2.05) is 0 Å². The van der Waals surface area contributed by atoms with Crippen LogP contribution in [0.15, 0.2) is 24.3 Å². The van der Waals surface area contributed by atoms with E-state index in [1.54, 1.807) is 11.9 Å². The fraction of sp³-hybridized carbons (Fsp3) is 0.417. The number of carbonyl (C=O) groups is 1. The first-order chi connectivity index (χ1) is 7.22. The lowest BCUT2D eigenvalue weighted by Gasteiger charge is -2.11. The third kappa shape index (κ3) is 4.49. The number of aryl methyl sites for hydroxylation is 1. The van der Waals surface area contributed by atoms with Crippen LogP contribution in [0.1, 0.15) is 12.0 Å². The molecule has 0 unspecified atom stereocenters. The van der Waals surface area contributed by atoms with Crippen LogP contribution in [0, 0.1) is 6.92 Å². The molecule has 0 radical (unpaired) electrons. The zero-order chi connectivity index (χ0) is 11.1. The van der Waals surface area contributed by atoms with Crippen LogP contribution in [0.3, 0.4) is 0 Å². The molecule has 1 aromatic carbocycles. The van der Waals surface area contributed by atoms with Crippen molar-refractivity contribution in [2.45, 2.75) is 13.3 Å². The van der Waals surface area contributed by atoms with Gasteiger partial charge in [0, 0.05) is 25.8 Å². The monoisotopic (exact) mass is 206 g/mol. The molecular weight excluding hydrogens is 188 g/mol. The smallest absolute Gasteiger partial charge is 0.209 e. The maximum atomic E-state index is 10.3. The highest BCUT2D eigenvalue weighted by molar-refractivity contribution is 5.46. The minimum atomic E-state index is 0.794. The highest BCUT2D eigenvalue weighted by Crippen LogP contribution is 2.08. The Morgan fingerprint density at radius 1 is 1.33 bits per heavy atom. The van der Waals surface area contributed by atoms with E-state index in [0.717, 1.165) is 31.6 Å². The molecule has 1 rings (SSSR count). The average molecular weight is 206 g/mol. The van der Waals surface area contributed by atoms with Crippen LogP contribution in [0.25, 0.3) is 0 Å². The number of anilines is 1. The van der Waals surface area contributed by atoms with Crippen LogP contribution < -0.4 is 5.32 Å². The maximum absolute atomic E-state index is 10.3. The molecule has 0 fully saturated rings. The Morgan fingerprint density at radius 3 is 2.60 bits per heavy atom. The lowest BCUT2D eigenvalue weighted by molar-refractivity contribution is -0.117. The summed E-state index contributed by atoms with van der Waals surface area (Å²) >= 11 is 0. The third-order valence-electron chi connectivity index (χ3n) is 2.25. The van der Waals surface area contributed by atoms with E-state index in [2.05, 4.69) is 36.5 Å². The molecule has 0 aromatic heterocycles. The second kappa shape index (κ2) is 6.06. The SMILES string of the molecule is Cc1ccc(NCCCN(C)C=O)cc1. The Bertz CT molecular complexity index is 295. The second-order valence-electron chi connectivity index (χ2n) is 3.73. The minimum absolute atomic E-state index is 0.794. The molecule has 82 valence electrons. The average Bonchev–Trinajstić information content (AvgIpc) is 2.26. The first kappa shape index (κ1) is 11.6. The number of nitrogens with zero attached hydrogens (tertiary/aromatic N) is 1. The zero-order valence-corrected chi connectivity index (χ0v) is 9.36. The molecule has 0 saturated carbocycles. The third-order valence-corrected chi connectivity index (χ3v) is 2.25. The summed E-state index contributed by atoms with van der Waals surface area (Å²) in [6.45, 7) is 3.76. The quantitative estimate of drug-likeness (QED) is 0.569. The molecule has 15 heavy (non-hydrogen) atoms. The summed E-state index contributed by atoms with van der Waals surface area (Å²) in [7, 11) is 1.79. The minimum Gasteiger partial charge on any atom is -0.385 e. The lowest BCUT2D eigenvalue weighted by atomic mass is 10.2. The van der Waals surface area contributed by atoms with Gasteiger partial charge in [0.05, 0.1) is 0 Å². The van der Waals surface area contributed by atoms with Gasteiger partial charge in [-0.2, -0.15) is 0 Å². The Hall–Kier alpha value is -1.51. The van der Waals surface area contributed by atoms with Gasteiger partial charge in [0.2, 0.25) is 6.41 Å². The summed E-state index contributed by atoms with van der Waals surface area (Å²) in [4.78, 5) is 12.0. The van der Waals surface area contributed by atoms with Gasteiger partial charge >= 0.3 is 0 Å². The predicted octanol–water partition coefficient (Wildman–Crippen LogP) is 1.89. The van der Waals surface area contributed by atoms with E-state index in [0.29, 0.717) is 0 Å². The van der Waals surface area contributed by atoms with E-state index in [9.17, 15) is 4.79 Å². The van der Waals surface area contributed by atoms with Crippen molar-refractivity contribution < 1.29 is 4.79 Å². The summed E-state index contributed by atoms with van der Waals surface area (Å²) in [6.07, 6.45) is 1.81. The number of hydrogen-bond acceptors (Lipinski definition) is 2. The molecule has 0 saturated heterocycles. The Kier molecular flexibility index (Phi) is 4.68. The van der Waals surface area contributed by atoms with Gasteiger partial charge < -0.3 is 10.2 Å². The molecule has 1 N–H and O–H groups in total. The number of hydrogen-bond donors (Lipinski definition) is 1. The van der Waals surface area contributed by atoms with Gasteiger partial charge in [-0.3, -0.25) is 4.79 Å². The van der Waals surface area contributed by atoms with Crippen molar-refractivity contribution in [1.29, 1.82) is 0 Å². The first-order valence-electron chi connectivity index (χ1n) is 5.18. The van der Waals surface area contributed by atoms with Crippen LogP contribution in [0.5, 0.6) is 0 Å². The highest BCUT2D eigenvalue weighted by Gasteiger charge is 1.94. The first-order valence-corrected chi connectivity index (χ1v) is 5.18. The zero-order valence-electron chi connectivity index (χ0n) is 9.36. The van der Waals surface area contributed by atoms with Crippen molar-refractivity contribution >= 4 is 12.1 Å². The topological polar surface area (TPSA) is 32.3 Å². The van der Waals surface area contributed by atoms with Crippen molar-refractivity contribution in [3.8, 4) is 0 Å². The molecule has 1 aromatic rings. The van der Waals surface area contributed by atoms with Crippen LogP contribution in [0.4, 0.5) is 5.69 Å². The van der Waals surface area contributed by atoms with E-state index in [1.165, 1.54) is 5.56 Å². The summed E-state index contributed by atoms with van der Waals surface area (Å²) < 4.78 is 0. The van der Waals surface area contributed by atoms with Gasteiger partial charge in [0.15, 0.2) is 0 Å². The second-order valence-corrected chi connectivity index (χ2v) is 3.73. The Balaban J connectivity index is 2.20. The largest absolute Gasteiger partial charge is 0.385 e. The van der Waals surface area contributed by atoms with Gasteiger partial charge in [0.1, 0.15) is 0 Å². The van der Waals surface area contributed by atoms with Crippen molar-refractivity contribution in [1.82, 2.24) is 4.90 Å². The summed E-state index contributed by atoms with van der Waals surface area (Å²) in [6, 6.07) is 8.30. The van der Waals surface area contributed by atoms with Crippen molar-refractivity contribution in [2.75, 3.05) is 25.5 Å². The van der Waals surface area contributed by atoms with Crippen LogP contribution in [-0.2, 0) is 4.79 Å². The number of nitrogens with one attached hydrogen (secondary N) is 1. The summed E-state index contributed by atoms with van der Waals surface area (Å²) in [5.74, 6) is 0. The fourth-order valence-electron chi connectivity index (χ4n) is 1.29. The molecule has 0 aliphatic carbocycles. The van der Waals surface area contributed by atoms with Crippen molar-refractivity contribution in [3.63, 3.8) is 0 Å². The van der Waals surface area contributed by atoms with Gasteiger partial charge in [-0.1, -0.05) is 17.7 Å². The molecule has 0 heterocycles. The molecule has 0 atom stereocenters. The summed E-state index contributed by atoms with van der Waals surface area (Å²) in [5, 5.41) is 3.31. The van der Waals surface area contributed by atoms with E-state index in [-0.39, 0.29) is 0 Å². The van der Waals surface area contributed by atoms with E-state index < -0.39 is 0 Å². The molecule has 0 bridgehead atoms. The molecule has 3 nitrogen and oxygen atoms in total. The van der Waals surface area contributed by atoms with Crippen LogP contribution in [-0.4, -0.2) is 31.4 Å². The predicted molar refractivity (Wildman–Crippen MR) is 63.0 cm³/mol. The van der Waals surface area contributed by atoms with Crippen molar-refractivity contribution in [3.05, 3.63) is 29.8 Å².